The van der Waals surface area contributed by atoms with Gasteiger partial charge < -0.3 is 19.4 Å². The predicted molar refractivity (Wildman–Crippen MR) is 77.7 cm³/mol. The Balaban J connectivity index is 1.34. The number of aromatic amines is 1. The highest BCUT2D eigenvalue weighted by atomic mass is 16.5. The van der Waals surface area contributed by atoms with Crippen molar-refractivity contribution in [3.05, 3.63) is 22.5 Å². The molecule has 2 N–H and O–H groups in total. The number of hydrogen-bond acceptors (Lipinski definition) is 5. The van der Waals surface area contributed by atoms with E-state index in [1.807, 2.05) is 0 Å². The van der Waals surface area contributed by atoms with E-state index >= 15 is 0 Å². The van der Waals surface area contributed by atoms with Crippen LogP contribution in [0.2, 0.25) is 0 Å². The number of carbonyl (C=O) groups is 2. The number of nitrogens with zero attached hydrogens (tertiary/aromatic N) is 1. The largest absolute Gasteiger partial charge is 0.416 e. The molecule has 2 aliphatic heterocycles. The number of H-pyrrole nitrogens is 1. The SMILES string of the molecule is O=C(NC1CCCN(C(=O)c2coc(=O)[nH]2)C1)C1[C@H]2COC[C@@H]12. The van der Waals surface area contributed by atoms with Crippen LogP contribution >= 0.6 is 0 Å². The van der Waals surface area contributed by atoms with Gasteiger partial charge >= 0.3 is 5.76 Å². The number of aromatic nitrogens is 1. The summed E-state index contributed by atoms with van der Waals surface area (Å²) in [5.41, 5.74) is 0.149. The summed E-state index contributed by atoms with van der Waals surface area (Å²) in [6, 6.07) is -0.0407. The lowest BCUT2D eigenvalue weighted by Crippen LogP contribution is -2.50. The van der Waals surface area contributed by atoms with E-state index in [2.05, 4.69) is 14.7 Å². The third-order valence-corrected chi connectivity index (χ3v) is 5.06. The molecule has 2 unspecified atom stereocenters. The molecule has 8 nitrogen and oxygen atoms in total. The average molecular weight is 321 g/mol. The lowest BCUT2D eigenvalue weighted by molar-refractivity contribution is -0.124. The molecule has 124 valence electrons. The van der Waals surface area contributed by atoms with Crippen molar-refractivity contribution in [3.63, 3.8) is 0 Å². The van der Waals surface area contributed by atoms with Gasteiger partial charge in [0.15, 0.2) is 0 Å². The van der Waals surface area contributed by atoms with Crippen LogP contribution in [0.4, 0.5) is 0 Å². The van der Waals surface area contributed by atoms with E-state index < -0.39 is 5.76 Å². The van der Waals surface area contributed by atoms with Crippen LogP contribution in [0, 0.1) is 17.8 Å². The molecule has 1 aliphatic carbocycles. The second-order valence-electron chi connectivity index (χ2n) is 6.55. The number of carbonyl (C=O) groups excluding carboxylic acids is 2. The van der Waals surface area contributed by atoms with Crippen molar-refractivity contribution in [1.29, 1.82) is 0 Å². The predicted octanol–water partition coefficient (Wildman–Crippen LogP) is -0.419. The highest BCUT2D eigenvalue weighted by Crippen LogP contribution is 2.50. The Kier molecular flexibility index (Phi) is 3.48. The fourth-order valence-corrected chi connectivity index (χ4v) is 3.76. The fourth-order valence-electron chi connectivity index (χ4n) is 3.76. The number of likely N-dealkylation sites (tertiary alicyclic amines) is 1. The number of ether oxygens (including phenoxy) is 1. The van der Waals surface area contributed by atoms with Gasteiger partial charge in [-0.1, -0.05) is 0 Å². The third-order valence-electron chi connectivity index (χ3n) is 5.06. The standard InChI is InChI=1S/C15H19N3O5/c19-13(12-9-5-22-6-10(9)12)16-8-2-1-3-18(4-8)14(20)11-7-23-15(21)17-11/h7-10,12H,1-6H2,(H,16,19)(H,17,21)/t8?,9-,10+,12?. The number of hydrogen-bond donors (Lipinski definition) is 2. The third kappa shape index (κ3) is 2.67. The first kappa shape index (κ1) is 14.5. The monoisotopic (exact) mass is 321 g/mol. The zero-order valence-corrected chi connectivity index (χ0v) is 12.6. The Morgan fingerprint density at radius 3 is 2.78 bits per heavy atom. The number of oxazole rings is 1. The lowest BCUT2D eigenvalue weighted by Gasteiger charge is -2.33. The number of fused-ring (bicyclic) bond motifs is 1. The van der Waals surface area contributed by atoms with Gasteiger partial charge in [-0.25, -0.2) is 4.79 Å². The molecule has 4 rings (SSSR count). The zero-order valence-electron chi connectivity index (χ0n) is 12.6. The summed E-state index contributed by atoms with van der Waals surface area (Å²) < 4.78 is 9.92. The minimum absolute atomic E-state index is 0.0407. The number of nitrogens with one attached hydrogen (secondary N) is 2. The van der Waals surface area contributed by atoms with Gasteiger partial charge in [0, 0.05) is 25.0 Å². The maximum Gasteiger partial charge on any atom is 0.416 e. The Morgan fingerprint density at radius 1 is 1.30 bits per heavy atom. The quantitative estimate of drug-likeness (QED) is 0.787. The molecule has 0 aromatic carbocycles. The highest BCUT2D eigenvalue weighted by molar-refractivity contribution is 5.92. The van der Waals surface area contributed by atoms with E-state index in [1.54, 1.807) is 4.90 Å². The first-order valence-corrected chi connectivity index (χ1v) is 7.98. The van der Waals surface area contributed by atoms with Crippen molar-refractivity contribution in [1.82, 2.24) is 15.2 Å². The summed E-state index contributed by atoms with van der Waals surface area (Å²) in [4.78, 5) is 39.6. The molecule has 1 aromatic rings. The van der Waals surface area contributed by atoms with Crippen molar-refractivity contribution in [3.8, 4) is 0 Å². The molecule has 0 radical (unpaired) electrons. The maximum absolute atomic E-state index is 12.3. The van der Waals surface area contributed by atoms with Crippen LogP contribution in [0.5, 0.6) is 0 Å². The van der Waals surface area contributed by atoms with E-state index in [4.69, 9.17) is 4.74 Å². The lowest BCUT2D eigenvalue weighted by atomic mass is 10.0. The molecular formula is C15H19N3O5. The first-order chi connectivity index (χ1) is 11.1. The average Bonchev–Trinajstić information content (AvgIpc) is 2.90. The number of piperidine rings is 1. The number of rotatable bonds is 3. The molecule has 1 aromatic heterocycles. The Labute approximate surface area is 132 Å². The molecule has 8 heteroatoms. The normalized spacial score (nSPS) is 32.4. The molecule has 2 amide bonds. The maximum atomic E-state index is 12.3. The van der Waals surface area contributed by atoms with E-state index in [0.717, 1.165) is 19.1 Å². The molecule has 1 saturated carbocycles. The van der Waals surface area contributed by atoms with Crippen LogP contribution in [-0.4, -0.2) is 54.0 Å². The van der Waals surface area contributed by atoms with Crippen LogP contribution < -0.4 is 11.1 Å². The van der Waals surface area contributed by atoms with Gasteiger partial charge in [0.2, 0.25) is 5.91 Å². The number of amides is 2. The Bertz CT molecular complexity index is 671. The fraction of sp³-hybridized carbons (Fsp3) is 0.667. The van der Waals surface area contributed by atoms with Crippen LogP contribution in [-0.2, 0) is 9.53 Å². The van der Waals surface area contributed by atoms with Crippen LogP contribution in [0.3, 0.4) is 0 Å². The molecule has 4 atom stereocenters. The summed E-state index contributed by atoms with van der Waals surface area (Å²) in [5.74, 6) is 0.0169. The van der Waals surface area contributed by atoms with Gasteiger partial charge in [0.1, 0.15) is 12.0 Å². The van der Waals surface area contributed by atoms with Crippen molar-refractivity contribution < 1.29 is 18.7 Å². The summed E-state index contributed by atoms with van der Waals surface area (Å²) in [6.07, 6.45) is 2.81. The van der Waals surface area contributed by atoms with Crippen LogP contribution in [0.1, 0.15) is 23.3 Å². The molecule has 3 fully saturated rings. The van der Waals surface area contributed by atoms with E-state index in [-0.39, 0.29) is 29.5 Å². The van der Waals surface area contributed by atoms with Gasteiger partial charge in [-0.2, -0.15) is 0 Å². The summed E-state index contributed by atoms with van der Waals surface area (Å²) in [5, 5.41) is 3.07. The van der Waals surface area contributed by atoms with Crippen LogP contribution in [0.25, 0.3) is 0 Å². The van der Waals surface area contributed by atoms with Crippen molar-refractivity contribution in [2.24, 2.45) is 17.8 Å². The van der Waals surface area contributed by atoms with Crippen molar-refractivity contribution >= 4 is 11.8 Å². The van der Waals surface area contributed by atoms with Gasteiger partial charge in [0.25, 0.3) is 5.91 Å². The second kappa shape index (κ2) is 5.52. The molecule has 0 spiro atoms. The molecule has 0 bridgehead atoms. The Morgan fingerprint density at radius 2 is 2.09 bits per heavy atom. The first-order valence-electron chi connectivity index (χ1n) is 7.98. The molecule has 3 heterocycles. The van der Waals surface area contributed by atoms with E-state index in [1.165, 1.54) is 0 Å². The summed E-state index contributed by atoms with van der Waals surface area (Å²) in [7, 11) is 0. The zero-order chi connectivity index (χ0) is 16.0. The minimum Gasteiger partial charge on any atom is -0.416 e. The molecule has 3 aliphatic rings. The van der Waals surface area contributed by atoms with Gasteiger partial charge in [-0.3, -0.25) is 14.6 Å². The second-order valence-corrected chi connectivity index (χ2v) is 6.55. The van der Waals surface area contributed by atoms with Gasteiger partial charge in [-0.15, -0.1) is 0 Å². The molecule has 23 heavy (non-hydrogen) atoms. The molecular weight excluding hydrogens is 302 g/mol. The van der Waals surface area contributed by atoms with Gasteiger partial charge in [0.05, 0.1) is 13.2 Å². The Hall–Kier alpha value is -2.09. The minimum atomic E-state index is -0.641. The molecule has 2 saturated heterocycles. The van der Waals surface area contributed by atoms with E-state index in [0.29, 0.717) is 38.1 Å². The topological polar surface area (TPSA) is 105 Å². The van der Waals surface area contributed by atoms with Crippen molar-refractivity contribution in [2.75, 3.05) is 26.3 Å². The van der Waals surface area contributed by atoms with Crippen molar-refractivity contribution in [2.45, 2.75) is 18.9 Å². The van der Waals surface area contributed by atoms with E-state index in [9.17, 15) is 14.4 Å². The van der Waals surface area contributed by atoms with Crippen LogP contribution in [0.15, 0.2) is 15.5 Å². The summed E-state index contributed by atoms with van der Waals surface area (Å²) in [6.45, 7) is 2.44. The van der Waals surface area contributed by atoms with Gasteiger partial charge in [-0.05, 0) is 24.7 Å². The highest BCUT2D eigenvalue weighted by Gasteiger charge is 2.58. The smallest absolute Gasteiger partial charge is 0.416 e. The summed E-state index contributed by atoms with van der Waals surface area (Å²) >= 11 is 0.